The third-order valence-corrected chi connectivity index (χ3v) is 4.31. The van der Waals surface area contributed by atoms with Crippen molar-refractivity contribution in [1.82, 2.24) is 16.2 Å². The molecule has 0 spiro atoms. The molecule has 154 valence electrons. The Labute approximate surface area is 170 Å². The first-order valence-electron chi connectivity index (χ1n) is 9.42. The van der Waals surface area contributed by atoms with Crippen molar-refractivity contribution in [1.29, 1.82) is 0 Å². The third kappa shape index (κ3) is 6.64. The number of amides is 3. The van der Waals surface area contributed by atoms with Gasteiger partial charge in [0.2, 0.25) is 0 Å². The molecular formula is C22H27N3O4. The van der Waals surface area contributed by atoms with Crippen molar-refractivity contribution < 1.29 is 19.1 Å². The predicted octanol–water partition coefficient (Wildman–Crippen LogP) is 2.28. The van der Waals surface area contributed by atoms with Gasteiger partial charge < -0.3 is 10.1 Å². The van der Waals surface area contributed by atoms with E-state index in [2.05, 4.69) is 16.2 Å². The summed E-state index contributed by atoms with van der Waals surface area (Å²) in [5, 5.41) is 2.73. The van der Waals surface area contributed by atoms with E-state index in [1.165, 1.54) is 0 Å². The zero-order valence-corrected chi connectivity index (χ0v) is 17.1. The van der Waals surface area contributed by atoms with Gasteiger partial charge in [-0.05, 0) is 49.1 Å². The Hall–Kier alpha value is -3.35. The van der Waals surface area contributed by atoms with Crippen LogP contribution in [0.4, 0.5) is 0 Å². The number of benzene rings is 2. The van der Waals surface area contributed by atoms with Crippen LogP contribution in [0.2, 0.25) is 0 Å². The molecule has 0 fully saturated rings. The standard InChI is InChI=1S/C22H27N3O4/c1-14(2)20(23-21(27)18-11-6-5-9-16(18)4)22(28)25-24-19(26)13-29-17-10-7-8-15(3)12-17/h5-12,14,20H,13H2,1-4H3,(H,23,27)(H,24,26)(H,25,28)/t20-/m0/s1. The summed E-state index contributed by atoms with van der Waals surface area (Å²) in [6, 6.07) is 13.6. The van der Waals surface area contributed by atoms with Crippen LogP contribution in [0.25, 0.3) is 0 Å². The molecule has 0 heterocycles. The molecule has 3 N–H and O–H groups in total. The van der Waals surface area contributed by atoms with Crippen LogP contribution in [0.3, 0.4) is 0 Å². The molecule has 0 bridgehead atoms. The number of carbonyl (C=O) groups excluding carboxylic acids is 3. The molecule has 2 aromatic carbocycles. The number of aryl methyl sites for hydroxylation is 2. The van der Waals surface area contributed by atoms with Crippen LogP contribution in [0, 0.1) is 19.8 Å². The number of rotatable bonds is 7. The molecule has 7 heteroatoms. The maximum atomic E-state index is 12.5. The maximum Gasteiger partial charge on any atom is 0.276 e. The van der Waals surface area contributed by atoms with E-state index in [0.29, 0.717) is 11.3 Å². The largest absolute Gasteiger partial charge is 0.484 e. The highest BCUT2D eigenvalue weighted by molar-refractivity contribution is 5.98. The molecule has 3 amide bonds. The molecule has 0 aliphatic heterocycles. The first-order chi connectivity index (χ1) is 13.8. The molecule has 0 unspecified atom stereocenters. The number of carbonyl (C=O) groups is 3. The molecular weight excluding hydrogens is 370 g/mol. The van der Waals surface area contributed by atoms with E-state index < -0.39 is 17.9 Å². The smallest absolute Gasteiger partial charge is 0.276 e. The molecule has 0 saturated heterocycles. The topological polar surface area (TPSA) is 96.5 Å². The molecule has 2 aromatic rings. The summed E-state index contributed by atoms with van der Waals surface area (Å²) in [5.74, 6) is -0.968. The Morgan fingerprint density at radius 2 is 1.69 bits per heavy atom. The average molecular weight is 397 g/mol. The Morgan fingerprint density at radius 1 is 0.966 bits per heavy atom. The van der Waals surface area contributed by atoms with Crippen molar-refractivity contribution in [2.45, 2.75) is 33.7 Å². The Balaban J connectivity index is 1.88. The van der Waals surface area contributed by atoms with Gasteiger partial charge in [0.15, 0.2) is 6.61 Å². The van der Waals surface area contributed by atoms with Crippen molar-refractivity contribution in [3.8, 4) is 5.75 Å². The van der Waals surface area contributed by atoms with E-state index in [9.17, 15) is 14.4 Å². The Kier molecular flexibility index (Phi) is 7.77. The molecule has 0 saturated carbocycles. The quantitative estimate of drug-likeness (QED) is 0.625. The first kappa shape index (κ1) is 21.9. The number of ether oxygens (including phenoxy) is 1. The summed E-state index contributed by atoms with van der Waals surface area (Å²) in [6.45, 7) is 7.12. The van der Waals surface area contributed by atoms with Crippen molar-refractivity contribution in [3.05, 3.63) is 65.2 Å². The van der Waals surface area contributed by atoms with Gasteiger partial charge in [-0.2, -0.15) is 0 Å². The van der Waals surface area contributed by atoms with Crippen LogP contribution in [0.5, 0.6) is 5.75 Å². The minimum absolute atomic E-state index is 0.177. The molecule has 0 aliphatic rings. The molecule has 2 rings (SSSR count). The predicted molar refractivity (Wildman–Crippen MR) is 110 cm³/mol. The highest BCUT2D eigenvalue weighted by Crippen LogP contribution is 2.12. The van der Waals surface area contributed by atoms with Gasteiger partial charge in [0.1, 0.15) is 11.8 Å². The van der Waals surface area contributed by atoms with Gasteiger partial charge >= 0.3 is 0 Å². The van der Waals surface area contributed by atoms with E-state index >= 15 is 0 Å². The molecule has 0 radical (unpaired) electrons. The Bertz CT molecular complexity index is 880. The second-order valence-corrected chi connectivity index (χ2v) is 7.15. The average Bonchev–Trinajstić information content (AvgIpc) is 2.68. The number of hydrogen-bond donors (Lipinski definition) is 3. The van der Waals surface area contributed by atoms with Crippen LogP contribution >= 0.6 is 0 Å². The molecule has 1 atom stereocenters. The number of nitrogens with one attached hydrogen (secondary N) is 3. The third-order valence-electron chi connectivity index (χ3n) is 4.31. The van der Waals surface area contributed by atoms with Crippen LogP contribution in [0.1, 0.15) is 35.3 Å². The fourth-order valence-electron chi connectivity index (χ4n) is 2.68. The fourth-order valence-corrected chi connectivity index (χ4v) is 2.68. The van der Waals surface area contributed by atoms with Crippen LogP contribution in [-0.4, -0.2) is 30.4 Å². The lowest BCUT2D eigenvalue weighted by molar-refractivity contribution is -0.131. The molecule has 7 nitrogen and oxygen atoms in total. The van der Waals surface area contributed by atoms with E-state index in [-0.39, 0.29) is 18.4 Å². The minimum atomic E-state index is -0.805. The summed E-state index contributed by atoms with van der Waals surface area (Å²) in [4.78, 5) is 36.9. The minimum Gasteiger partial charge on any atom is -0.484 e. The van der Waals surface area contributed by atoms with E-state index in [1.54, 1.807) is 18.2 Å². The summed E-state index contributed by atoms with van der Waals surface area (Å²) in [6.07, 6.45) is 0. The van der Waals surface area contributed by atoms with Gasteiger partial charge in [-0.1, -0.05) is 44.2 Å². The number of hydrazine groups is 1. The van der Waals surface area contributed by atoms with E-state index in [0.717, 1.165) is 11.1 Å². The lowest BCUT2D eigenvalue weighted by atomic mass is 10.0. The second-order valence-electron chi connectivity index (χ2n) is 7.15. The fraction of sp³-hybridized carbons (Fsp3) is 0.318. The zero-order valence-electron chi connectivity index (χ0n) is 17.1. The monoisotopic (exact) mass is 397 g/mol. The van der Waals surface area contributed by atoms with Crippen molar-refractivity contribution in [3.63, 3.8) is 0 Å². The van der Waals surface area contributed by atoms with Crippen molar-refractivity contribution >= 4 is 17.7 Å². The van der Waals surface area contributed by atoms with Gasteiger partial charge in [-0.15, -0.1) is 0 Å². The van der Waals surface area contributed by atoms with E-state index in [1.807, 2.05) is 58.0 Å². The summed E-state index contributed by atoms with van der Waals surface area (Å²) < 4.78 is 5.39. The lowest BCUT2D eigenvalue weighted by Crippen LogP contribution is -2.55. The normalized spacial score (nSPS) is 11.5. The first-order valence-corrected chi connectivity index (χ1v) is 9.42. The van der Waals surface area contributed by atoms with Gasteiger partial charge in [0, 0.05) is 5.56 Å². The second kappa shape index (κ2) is 10.3. The summed E-state index contributed by atoms with van der Waals surface area (Å²) in [7, 11) is 0. The van der Waals surface area contributed by atoms with Gasteiger partial charge in [0.05, 0.1) is 0 Å². The van der Waals surface area contributed by atoms with Crippen LogP contribution < -0.4 is 20.9 Å². The number of hydrogen-bond acceptors (Lipinski definition) is 4. The molecule has 29 heavy (non-hydrogen) atoms. The van der Waals surface area contributed by atoms with E-state index in [4.69, 9.17) is 4.74 Å². The SMILES string of the molecule is Cc1cccc(OCC(=O)NNC(=O)[C@@H](NC(=O)c2ccccc2C)C(C)C)c1. The highest BCUT2D eigenvalue weighted by atomic mass is 16.5. The van der Waals surface area contributed by atoms with Crippen LogP contribution in [0.15, 0.2) is 48.5 Å². The highest BCUT2D eigenvalue weighted by Gasteiger charge is 2.25. The molecule has 0 aliphatic carbocycles. The van der Waals surface area contributed by atoms with Crippen molar-refractivity contribution in [2.24, 2.45) is 5.92 Å². The maximum absolute atomic E-state index is 12.5. The van der Waals surface area contributed by atoms with Gasteiger partial charge in [0.25, 0.3) is 17.7 Å². The van der Waals surface area contributed by atoms with Crippen molar-refractivity contribution in [2.75, 3.05) is 6.61 Å². The molecule has 0 aromatic heterocycles. The lowest BCUT2D eigenvalue weighted by Gasteiger charge is -2.22. The summed E-state index contributed by atoms with van der Waals surface area (Å²) >= 11 is 0. The summed E-state index contributed by atoms with van der Waals surface area (Å²) in [5.41, 5.74) is 6.99. The Morgan fingerprint density at radius 3 is 2.34 bits per heavy atom. The van der Waals surface area contributed by atoms with Gasteiger partial charge in [-0.25, -0.2) is 0 Å². The van der Waals surface area contributed by atoms with Gasteiger partial charge in [-0.3, -0.25) is 25.2 Å². The zero-order chi connectivity index (χ0) is 21.4. The van der Waals surface area contributed by atoms with Crippen LogP contribution in [-0.2, 0) is 9.59 Å².